The van der Waals surface area contributed by atoms with Gasteiger partial charge in [-0.3, -0.25) is 0 Å². The van der Waals surface area contributed by atoms with Crippen LogP contribution in [0.25, 0.3) is 0 Å². The molecule has 1 aromatic rings. The highest BCUT2D eigenvalue weighted by Crippen LogP contribution is 2.29. The van der Waals surface area contributed by atoms with Gasteiger partial charge in [0.2, 0.25) is 5.89 Å². The van der Waals surface area contributed by atoms with E-state index >= 15 is 0 Å². The van der Waals surface area contributed by atoms with E-state index in [0.29, 0.717) is 6.04 Å². The summed E-state index contributed by atoms with van der Waals surface area (Å²) in [4.78, 5) is 4.56. The van der Waals surface area contributed by atoms with Crippen LogP contribution < -0.4 is 5.32 Å². The molecule has 0 spiro atoms. The SMILES string of the molecule is CCCC(Cc1nc(CSC2CCCCC2)no1)NCC. The molecule has 21 heavy (non-hydrogen) atoms. The number of nitrogens with zero attached hydrogens (tertiary/aromatic N) is 2. The minimum absolute atomic E-state index is 0.458. The number of thioether (sulfide) groups is 1. The predicted molar refractivity (Wildman–Crippen MR) is 88.5 cm³/mol. The van der Waals surface area contributed by atoms with E-state index in [2.05, 4.69) is 29.3 Å². The van der Waals surface area contributed by atoms with Crippen LogP contribution in [0.3, 0.4) is 0 Å². The molecule has 0 radical (unpaired) electrons. The highest BCUT2D eigenvalue weighted by atomic mass is 32.2. The fraction of sp³-hybridized carbons (Fsp3) is 0.875. The third-order valence-electron chi connectivity index (χ3n) is 4.06. The Morgan fingerprint density at radius 1 is 1.29 bits per heavy atom. The summed E-state index contributed by atoms with van der Waals surface area (Å²) in [5.41, 5.74) is 0. The molecule has 0 aliphatic heterocycles. The van der Waals surface area contributed by atoms with Gasteiger partial charge in [0.1, 0.15) is 0 Å². The van der Waals surface area contributed by atoms with Crippen molar-refractivity contribution in [1.29, 1.82) is 0 Å². The smallest absolute Gasteiger partial charge is 0.228 e. The molecule has 4 nitrogen and oxygen atoms in total. The van der Waals surface area contributed by atoms with Crippen LogP contribution in [0.4, 0.5) is 0 Å². The average Bonchev–Trinajstić information content (AvgIpc) is 2.94. The lowest BCUT2D eigenvalue weighted by molar-refractivity contribution is 0.349. The number of hydrogen-bond acceptors (Lipinski definition) is 5. The van der Waals surface area contributed by atoms with Gasteiger partial charge in [0.25, 0.3) is 0 Å². The molecular formula is C16H29N3OS. The van der Waals surface area contributed by atoms with Gasteiger partial charge in [0.05, 0.1) is 5.75 Å². The molecule has 1 fully saturated rings. The Morgan fingerprint density at radius 3 is 2.81 bits per heavy atom. The first-order chi connectivity index (χ1) is 10.3. The van der Waals surface area contributed by atoms with E-state index < -0.39 is 0 Å². The van der Waals surface area contributed by atoms with Gasteiger partial charge >= 0.3 is 0 Å². The first kappa shape index (κ1) is 16.8. The summed E-state index contributed by atoms with van der Waals surface area (Å²) in [5.74, 6) is 2.55. The van der Waals surface area contributed by atoms with Gasteiger partial charge in [0, 0.05) is 17.7 Å². The fourth-order valence-electron chi connectivity index (χ4n) is 2.98. The molecule has 2 rings (SSSR count). The Balaban J connectivity index is 1.77. The van der Waals surface area contributed by atoms with Crippen molar-refractivity contribution in [1.82, 2.24) is 15.5 Å². The summed E-state index contributed by atoms with van der Waals surface area (Å²) in [5, 5.41) is 8.43. The van der Waals surface area contributed by atoms with E-state index in [1.807, 2.05) is 11.8 Å². The van der Waals surface area contributed by atoms with Crippen molar-refractivity contribution in [3.8, 4) is 0 Å². The van der Waals surface area contributed by atoms with Crippen molar-refractivity contribution in [2.24, 2.45) is 0 Å². The van der Waals surface area contributed by atoms with E-state index in [1.165, 1.54) is 38.5 Å². The van der Waals surface area contributed by atoms with Gasteiger partial charge in [0.15, 0.2) is 5.82 Å². The van der Waals surface area contributed by atoms with E-state index in [0.717, 1.165) is 42.1 Å². The molecular weight excluding hydrogens is 282 g/mol. The predicted octanol–water partition coefficient (Wildman–Crippen LogP) is 3.96. The minimum atomic E-state index is 0.458. The van der Waals surface area contributed by atoms with Gasteiger partial charge in [-0.25, -0.2) is 0 Å². The summed E-state index contributed by atoms with van der Waals surface area (Å²) >= 11 is 2.00. The van der Waals surface area contributed by atoms with Gasteiger partial charge in [-0.05, 0) is 25.8 Å². The lowest BCUT2D eigenvalue weighted by Gasteiger charge is -2.20. The molecule has 1 saturated carbocycles. The Kier molecular flexibility index (Phi) is 7.58. The largest absolute Gasteiger partial charge is 0.339 e. The van der Waals surface area contributed by atoms with Gasteiger partial charge in [-0.1, -0.05) is 44.7 Å². The zero-order valence-corrected chi connectivity index (χ0v) is 14.3. The van der Waals surface area contributed by atoms with Crippen molar-refractivity contribution in [3.05, 3.63) is 11.7 Å². The van der Waals surface area contributed by atoms with Crippen LogP contribution in [0.15, 0.2) is 4.52 Å². The van der Waals surface area contributed by atoms with Gasteiger partial charge in [-0.2, -0.15) is 16.7 Å². The van der Waals surface area contributed by atoms with Crippen LogP contribution in [-0.2, 0) is 12.2 Å². The zero-order chi connectivity index (χ0) is 14.9. The molecule has 120 valence electrons. The van der Waals surface area contributed by atoms with Crippen LogP contribution in [0.2, 0.25) is 0 Å². The molecule has 1 aliphatic carbocycles. The average molecular weight is 311 g/mol. The van der Waals surface area contributed by atoms with Gasteiger partial charge < -0.3 is 9.84 Å². The Bertz CT molecular complexity index is 385. The topological polar surface area (TPSA) is 51.0 Å². The lowest BCUT2D eigenvalue weighted by atomic mass is 10.0. The maximum absolute atomic E-state index is 5.41. The number of hydrogen-bond donors (Lipinski definition) is 1. The van der Waals surface area contributed by atoms with Crippen LogP contribution in [0.1, 0.15) is 70.5 Å². The second kappa shape index (κ2) is 9.46. The molecule has 1 N–H and O–H groups in total. The van der Waals surface area contributed by atoms with E-state index in [1.54, 1.807) is 0 Å². The lowest BCUT2D eigenvalue weighted by Crippen LogP contribution is -2.30. The summed E-state index contributed by atoms with van der Waals surface area (Å²) in [7, 11) is 0. The zero-order valence-electron chi connectivity index (χ0n) is 13.4. The first-order valence-corrected chi connectivity index (χ1v) is 9.53. The molecule has 5 heteroatoms. The normalized spacial score (nSPS) is 18.0. The molecule has 0 bridgehead atoms. The van der Waals surface area contributed by atoms with Gasteiger partial charge in [-0.15, -0.1) is 0 Å². The van der Waals surface area contributed by atoms with Crippen molar-refractivity contribution >= 4 is 11.8 Å². The fourth-order valence-corrected chi connectivity index (χ4v) is 4.15. The number of aromatic nitrogens is 2. The van der Waals surface area contributed by atoms with Crippen LogP contribution in [0.5, 0.6) is 0 Å². The maximum Gasteiger partial charge on any atom is 0.228 e. The standard InChI is InChI=1S/C16H29N3OS/c1-3-8-13(17-4-2)11-16-18-15(19-20-16)12-21-14-9-6-5-7-10-14/h13-14,17H,3-12H2,1-2H3. The van der Waals surface area contributed by atoms with Crippen LogP contribution in [-0.4, -0.2) is 28.0 Å². The molecule has 0 aromatic carbocycles. The third-order valence-corrected chi connectivity index (χ3v) is 5.43. The van der Waals surface area contributed by atoms with Crippen molar-refractivity contribution in [2.75, 3.05) is 6.54 Å². The molecule has 1 heterocycles. The molecule has 0 amide bonds. The maximum atomic E-state index is 5.41. The summed E-state index contributed by atoms with van der Waals surface area (Å²) in [6, 6.07) is 0.458. The summed E-state index contributed by atoms with van der Waals surface area (Å²) in [6.07, 6.45) is 10.1. The second-order valence-electron chi connectivity index (χ2n) is 5.92. The van der Waals surface area contributed by atoms with Crippen LogP contribution >= 0.6 is 11.8 Å². The highest BCUT2D eigenvalue weighted by molar-refractivity contribution is 7.99. The molecule has 0 saturated heterocycles. The van der Waals surface area contributed by atoms with E-state index in [-0.39, 0.29) is 0 Å². The molecule has 1 atom stereocenters. The molecule has 1 aromatic heterocycles. The Labute approximate surface area is 132 Å². The van der Waals surface area contributed by atoms with Crippen molar-refractivity contribution < 1.29 is 4.52 Å². The first-order valence-electron chi connectivity index (χ1n) is 8.48. The third kappa shape index (κ3) is 5.99. The number of nitrogens with one attached hydrogen (secondary N) is 1. The molecule has 1 aliphatic rings. The molecule has 1 unspecified atom stereocenters. The monoisotopic (exact) mass is 311 g/mol. The summed E-state index contributed by atoms with van der Waals surface area (Å²) in [6.45, 7) is 5.34. The highest BCUT2D eigenvalue weighted by Gasteiger charge is 2.17. The Hall–Kier alpha value is -0.550. The number of likely N-dealkylation sites (N-methyl/N-ethyl adjacent to an activating group) is 1. The minimum Gasteiger partial charge on any atom is -0.339 e. The summed E-state index contributed by atoms with van der Waals surface area (Å²) < 4.78 is 5.41. The number of rotatable bonds is 9. The Morgan fingerprint density at radius 2 is 2.10 bits per heavy atom. The van der Waals surface area contributed by atoms with Crippen LogP contribution in [0, 0.1) is 0 Å². The van der Waals surface area contributed by atoms with Crippen molar-refractivity contribution in [2.45, 2.75) is 82.3 Å². The second-order valence-corrected chi connectivity index (χ2v) is 7.21. The van der Waals surface area contributed by atoms with Crippen molar-refractivity contribution in [3.63, 3.8) is 0 Å². The van der Waals surface area contributed by atoms with E-state index in [4.69, 9.17) is 4.52 Å². The van der Waals surface area contributed by atoms with E-state index in [9.17, 15) is 0 Å². The quantitative estimate of drug-likeness (QED) is 0.748.